The SMILES string of the molecule is COc1ccc(NC(C)=O)cc1NC(=O)CN(CCc1ccccc1)Cc1ccc(C)s1. The van der Waals surface area contributed by atoms with Gasteiger partial charge in [0, 0.05) is 35.5 Å². The summed E-state index contributed by atoms with van der Waals surface area (Å²) in [7, 11) is 1.55. The number of hydrogen-bond acceptors (Lipinski definition) is 5. The standard InChI is InChI=1S/C25H29N3O3S/c1-18-9-11-22(32-18)16-28(14-13-20-7-5-4-6-8-20)17-25(30)27-23-15-21(26-19(2)29)10-12-24(23)31-3/h4-12,15H,13-14,16-17H2,1-3H3,(H,26,29)(H,27,30). The van der Waals surface area contributed by atoms with E-state index in [9.17, 15) is 9.59 Å². The van der Waals surface area contributed by atoms with Crippen LogP contribution in [0.15, 0.2) is 60.7 Å². The Hall–Kier alpha value is -3.16. The van der Waals surface area contributed by atoms with Crippen LogP contribution in [0.5, 0.6) is 5.75 Å². The Morgan fingerprint density at radius 3 is 2.47 bits per heavy atom. The van der Waals surface area contributed by atoms with Crippen molar-refractivity contribution < 1.29 is 14.3 Å². The van der Waals surface area contributed by atoms with E-state index >= 15 is 0 Å². The fraction of sp³-hybridized carbons (Fsp3) is 0.280. The van der Waals surface area contributed by atoms with Crippen LogP contribution in [0.1, 0.15) is 22.2 Å². The zero-order chi connectivity index (χ0) is 22.9. The molecule has 6 nitrogen and oxygen atoms in total. The molecule has 32 heavy (non-hydrogen) atoms. The summed E-state index contributed by atoms with van der Waals surface area (Å²) in [6, 6.07) is 19.7. The molecule has 3 aromatic rings. The van der Waals surface area contributed by atoms with Gasteiger partial charge in [-0.15, -0.1) is 11.3 Å². The number of aryl methyl sites for hydroxylation is 1. The van der Waals surface area contributed by atoms with Crippen LogP contribution in [0.4, 0.5) is 11.4 Å². The molecule has 1 heterocycles. The van der Waals surface area contributed by atoms with Crippen LogP contribution >= 0.6 is 11.3 Å². The van der Waals surface area contributed by atoms with Gasteiger partial charge in [-0.3, -0.25) is 14.5 Å². The molecule has 2 aromatic carbocycles. The molecular formula is C25H29N3O3S. The van der Waals surface area contributed by atoms with Gasteiger partial charge in [0.25, 0.3) is 0 Å². The number of nitrogens with one attached hydrogen (secondary N) is 2. The maximum atomic E-state index is 12.9. The number of hydrogen-bond donors (Lipinski definition) is 2. The second-order valence-electron chi connectivity index (χ2n) is 7.60. The minimum atomic E-state index is -0.175. The molecule has 0 bridgehead atoms. The molecule has 3 rings (SSSR count). The number of carbonyl (C=O) groups excluding carboxylic acids is 2. The molecule has 0 atom stereocenters. The summed E-state index contributed by atoms with van der Waals surface area (Å²) in [4.78, 5) is 29.0. The van der Waals surface area contributed by atoms with E-state index < -0.39 is 0 Å². The van der Waals surface area contributed by atoms with Crippen molar-refractivity contribution in [3.63, 3.8) is 0 Å². The smallest absolute Gasteiger partial charge is 0.238 e. The molecule has 0 aliphatic carbocycles. The number of anilines is 2. The molecule has 0 saturated carbocycles. The number of nitrogens with zero attached hydrogens (tertiary/aromatic N) is 1. The third-order valence-electron chi connectivity index (χ3n) is 4.90. The van der Waals surface area contributed by atoms with Crippen LogP contribution < -0.4 is 15.4 Å². The van der Waals surface area contributed by atoms with Gasteiger partial charge in [-0.25, -0.2) is 0 Å². The van der Waals surface area contributed by atoms with E-state index in [2.05, 4.69) is 46.7 Å². The van der Waals surface area contributed by atoms with Gasteiger partial charge in [-0.1, -0.05) is 30.3 Å². The van der Waals surface area contributed by atoms with Crippen molar-refractivity contribution in [1.82, 2.24) is 4.90 Å². The van der Waals surface area contributed by atoms with Crippen LogP contribution in [0.2, 0.25) is 0 Å². The molecule has 0 fully saturated rings. The number of amides is 2. The molecule has 0 aliphatic heterocycles. The van der Waals surface area contributed by atoms with E-state index in [4.69, 9.17) is 4.74 Å². The lowest BCUT2D eigenvalue weighted by atomic mass is 10.1. The number of carbonyl (C=O) groups is 2. The number of ether oxygens (including phenoxy) is 1. The fourth-order valence-electron chi connectivity index (χ4n) is 3.42. The monoisotopic (exact) mass is 451 g/mol. The quantitative estimate of drug-likeness (QED) is 0.468. The Morgan fingerprint density at radius 1 is 1.03 bits per heavy atom. The van der Waals surface area contributed by atoms with Crippen LogP contribution in [0, 0.1) is 6.92 Å². The fourth-order valence-corrected chi connectivity index (χ4v) is 4.35. The summed E-state index contributed by atoms with van der Waals surface area (Å²) in [6.45, 7) is 5.25. The lowest BCUT2D eigenvalue weighted by molar-refractivity contribution is -0.117. The van der Waals surface area contributed by atoms with Gasteiger partial charge in [0.05, 0.1) is 19.3 Å². The van der Waals surface area contributed by atoms with Gasteiger partial charge >= 0.3 is 0 Å². The minimum Gasteiger partial charge on any atom is -0.495 e. The van der Waals surface area contributed by atoms with Crippen molar-refractivity contribution in [2.24, 2.45) is 0 Å². The van der Waals surface area contributed by atoms with E-state index in [1.807, 2.05) is 18.2 Å². The number of benzene rings is 2. The van der Waals surface area contributed by atoms with Gasteiger partial charge in [-0.05, 0) is 49.2 Å². The van der Waals surface area contributed by atoms with Gasteiger partial charge in [-0.2, -0.15) is 0 Å². The van der Waals surface area contributed by atoms with Gasteiger partial charge < -0.3 is 15.4 Å². The predicted molar refractivity (Wildman–Crippen MR) is 130 cm³/mol. The molecule has 2 N–H and O–H groups in total. The second kappa shape index (κ2) is 11.5. The lowest BCUT2D eigenvalue weighted by Crippen LogP contribution is -2.34. The zero-order valence-corrected chi connectivity index (χ0v) is 19.5. The first-order chi connectivity index (χ1) is 15.4. The van der Waals surface area contributed by atoms with Gasteiger partial charge in [0.1, 0.15) is 5.75 Å². The van der Waals surface area contributed by atoms with E-state index in [0.717, 1.165) is 13.0 Å². The Morgan fingerprint density at radius 2 is 1.81 bits per heavy atom. The molecule has 2 amide bonds. The van der Waals surface area contributed by atoms with Crippen molar-refractivity contribution in [2.75, 3.05) is 30.8 Å². The summed E-state index contributed by atoms with van der Waals surface area (Å²) >= 11 is 1.75. The van der Waals surface area contributed by atoms with Crippen molar-refractivity contribution >= 4 is 34.5 Å². The van der Waals surface area contributed by atoms with Crippen LogP contribution in [0.3, 0.4) is 0 Å². The van der Waals surface area contributed by atoms with Crippen LogP contribution in [-0.4, -0.2) is 36.9 Å². The zero-order valence-electron chi connectivity index (χ0n) is 18.7. The molecule has 0 saturated heterocycles. The summed E-state index contributed by atoms with van der Waals surface area (Å²) in [6.07, 6.45) is 0.861. The molecule has 0 unspecified atom stereocenters. The Labute approximate surface area is 193 Å². The van der Waals surface area contributed by atoms with E-state index in [0.29, 0.717) is 23.7 Å². The average molecular weight is 452 g/mol. The van der Waals surface area contributed by atoms with Crippen LogP contribution in [-0.2, 0) is 22.6 Å². The first kappa shape index (κ1) is 23.5. The highest BCUT2D eigenvalue weighted by Gasteiger charge is 2.15. The summed E-state index contributed by atoms with van der Waals surface area (Å²) in [5.74, 6) is 0.229. The molecule has 0 aliphatic rings. The third kappa shape index (κ3) is 7.21. The average Bonchev–Trinajstić information content (AvgIpc) is 3.17. The predicted octanol–water partition coefficient (Wildman–Crippen LogP) is 4.71. The molecule has 0 radical (unpaired) electrons. The van der Waals surface area contributed by atoms with Crippen molar-refractivity contribution in [2.45, 2.75) is 26.8 Å². The summed E-state index contributed by atoms with van der Waals surface area (Å²) < 4.78 is 5.38. The van der Waals surface area contributed by atoms with Crippen molar-refractivity contribution in [3.05, 3.63) is 76.0 Å². The topological polar surface area (TPSA) is 70.7 Å². The molecule has 7 heteroatoms. The normalized spacial score (nSPS) is 10.8. The van der Waals surface area contributed by atoms with Crippen LogP contribution in [0.25, 0.3) is 0 Å². The minimum absolute atomic E-state index is 0.135. The third-order valence-corrected chi connectivity index (χ3v) is 5.88. The molecule has 1 aromatic heterocycles. The van der Waals surface area contributed by atoms with Crippen molar-refractivity contribution in [1.29, 1.82) is 0 Å². The number of methoxy groups -OCH3 is 1. The van der Waals surface area contributed by atoms with Gasteiger partial charge in [0.15, 0.2) is 0 Å². The number of rotatable bonds is 10. The Balaban J connectivity index is 1.70. The van der Waals surface area contributed by atoms with Crippen molar-refractivity contribution in [3.8, 4) is 5.75 Å². The largest absolute Gasteiger partial charge is 0.495 e. The Bertz CT molecular complexity index is 1050. The highest BCUT2D eigenvalue weighted by atomic mass is 32.1. The van der Waals surface area contributed by atoms with Gasteiger partial charge in [0.2, 0.25) is 11.8 Å². The highest BCUT2D eigenvalue weighted by molar-refractivity contribution is 7.11. The maximum Gasteiger partial charge on any atom is 0.238 e. The molecule has 0 spiro atoms. The summed E-state index contributed by atoms with van der Waals surface area (Å²) in [5, 5.41) is 5.67. The maximum absolute atomic E-state index is 12.9. The lowest BCUT2D eigenvalue weighted by Gasteiger charge is -2.22. The highest BCUT2D eigenvalue weighted by Crippen LogP contribution is 2.28. The molecule has 168 valence electrons. The first-order valence-electron chi connectivity index (χ1n) is 10.5. The molecular weight excluding hydrogens is 422 g/mol. The first-order valence-corrected chi connectivity index (χ1v) is 11.3. The van der Waals surface area contributed by atoms with E-state index in [1.54, 1.807) is 36.6 Å². The summed E-state index contributed by atoms with van der Waals surface area (Å²) in [5.41, 5.74) is 2.37. The Kier molecular flexibility index (Phi) is 8.41. The second-order valence-corrected chi connectivity index (χ2v) is 8.98. The van der Waals surface area contributed by atoms with E-state index in [1.165, 1.54) is 22.2 Å². The number of thiophene rings is 1. The van der Waals surface area contributed by atoms with E-state index in [-0.39, 0.29) is 18.4 Å².